The number of hydrogen-bond donors (Lipinski definition) is 0. The summed E-state index contributed by atoms with van der Waals surface area (Å²) in [5, 5.41) is 13.9. The molecule has 1 fully saturated rings. The molecular formula is C30H36N6O. The van der Waals surface area contributed by atoms with Crippen molar-refractivity contribution in [3.05, 3.63) is 77.5 Å². The van der Waals surface area contributed by atoms with Crippen LogP contribution in [0, 0.1) is 18.3 Å². The fourth-order valence-electron chi connectivity index (χ4n) is 4.18. The molecule has 5 rings (SSSR count). The number of carbonyl (C=O) groups is 1. The Bertz CT molecular complexity index is 1380. The average molecular weight is 497 g/mol. The zero-order chi connectivity index (χ0) is 26.9. The maximum absolute atomic E-state index is 13.0. The van der Waals surface area contributed by atoms with Crippen molar-refractivity contribution in [1.29, 1.82) is 5.26 Å². The van der Waals surface area contributed by atoms with Gasteiger partial charge in [0.1, 0.15) is 0 Å². The van der Waals surface area contributed by atoms with E-state index in [1.165, 1.54) is 0 Å². The molecule has 0 spiro atoms. The first-order chi connectivity index (χ1) is 18.0. The Morgan fingerprint density at radius 1 is 0.892 bits per heavy atom. The smallest absolute Gasteiger partial charge is 0.254 e. The van der Waals surface area contributed by atoms with Crippen molar-refractivity contribution in [3.63, 3.8) is 0 Å². The van der Waals surface area contributed by atoms with E-state index in [4.69, 9.17) is 10.4 Å². The van der Waals surface area contributed by atoms with Gasteiger partial charge < -0.3 is 9.80 Å². The van der Waals surface area contributed by atoms with Crippen LogP contribution < -0.4 is 0 Å². The molecule has 1 amide bonds. The first kappa shape index (κ1) is 27.6. The molecule has 1 saturated heterocycles. The Labute approximate surface area is 220 Å². The van der Waals surface area contributed by atoms with Gasteiger partial charge in [-0.2, -0.15) is 10.4 Å². The maximum Gasteiger partial charge on any atom is 0.254 e. The quantitative estimate of drug-likeness (QED) is 0.364. The molecule has 1 aliphatic rings. The number of benzene rings is 2. The summed E-state index contributed by atoms with van der Waals surface area (Å²) in [7, 11) is 2.08. The van der Waals surface area contributed by atoms with Gasteiger partial charge in [0.2, 0.25) is 0 Å². The molecule has 0 N–H and O–H groups in total. The second kappa shape index (κ2) is 12.8. The van der Waals surface area contributed by atoms with Crippen LogP contribution in [0.15, 0.2) is 60.8 Å². The Kier molecular flexibility index (Phi) is 9.53. The minimum Gasteiger partial charge on any atom is -0.336 e. The molecular weight excluding hydrogens is 460 g/mol. The van der Waals surface area contributed by atoms with Crippen molar-refractivity contribution < 1.29 is 4.79 Å². The summed E-state index contributed by atoms with van der Waals surface area (Å²) in [4.78, 5) is 21.7. The summed E-state index contributed by atoms with van der Waals surface area (Å²) in [6.07, 6.45) is 1.79. The number of aryl methyl sites for hydroxylation is 1. The summed E-state index contributed by atoms with van der Waals surface area (Å²) >= 11 is 0. The molecule has 37 heavy (non-hydrogen) atoms. The molecule has 0 aliphatic carbocycles. The molecule has 7 nitrogen and oxygen atoms in total. The van der Waals surface area contributed by atoms with Crippen LogP contribution in [0.25, 0.3) is 28.2 Å². The van der Waals surface area contributed by atoms with Crippen LogP contribution in [0.3, 0.4) is 0 Å². The van der Waals surface area contributed by atoms with Crippen molar-refractivity contribution in [1.82, 2.24) is 24.4 Å². The van der Waals surface area contributed by atoms with Gasteiger partial charge in [0.05, 0.1) is 29.2 Å². The van der Waals surface area contributed by atoms with Gasteiger partial charge in [-0.25, -0.2) is 9.50 Å². The monoisotopic (exact) mass is 496 g/mol. The number of rotatable bonds is 3. The number of likely N-dealkylation sites (N-methyl/N-ethyl adjacent to an activating group) is 1. The first-order valence-electron chi connectivity index (χ1n) is 13.0. The molecule has 0 saturated carbocycles. The number of aromatic nitrogens is 3. The van der Waals surface area contributed by atoms with Crippen molar-refractivity contribution in [2.75, 3.05) is 33.2 Å². The summed E-state index contributed by atoms with van der Waals surface area (Å²) in [5.74, 6) is 0.0910. The molecule has 0 bridgehead atoms. The van der Waals surface area contributed by atoms with E-state index in [2.05, 4.69) is 23.0 Å². The second-order valence-corrected chi connectivity index (χ2v) is 8.45. The van der Waals surface area contributed by atoms with Crippen molar-refractivity contribution in [3.8, 4) is 28.6 Å². The lowest BCUT2D eigenvalue weighted by Crippen LogP contribution is -2.47. The number of carbonyl (C=O) groups excluding carboxylic acids is 1. The molecule has 4 aromatic rings. The third-order valence-electron chi connectivity index (χ3n) is 6.22. The van der Waals surface area contributed by atoms with Crippen LogP contribution in [-0.2, 0) is 0 Å². The van der Waals surface area contributed by atoms with Gasteiger partial charge in [-0.3, -0.25) is 4.79 Å². The molecule has 2 aromatic carbocycles. The highest BCUT2D eigenvalue weighted by Gasteiger charge is 2.22. The van der Waals surface area contributed by atoms with E-state index in [9.17, 15) is 4.79 Å². The maximum atomic E-state index is 13.0. The van der Waals surface area contributed by atoms with E-state index in [1.807, 2.05) is 86.5 Å². The molecule has 1 aliphatic heterocycles. The SMILES string of the molecule is CC.CC.Cc1cc(-c2ccc3ncc(-c4ccc(C#N)cc4)n3n2)ccc1C(=O)N1CCN(C)CC1. The highest BCUT2D eigenvalue weighted by atomic mass is 16.2. The fourth-order valence-corrected chi connectivity index (χ4v) is 4.18. The van der Waals surface area contributed by atoms with E-state index in [1.54, 1.807) is 18.3 Å². The number of imidazole rings is 1. The third-order valence-corrected chi connectivity index (χ3v) is 6.22. The van der Waals surface area contributed by atoms with Gasteiger partial charge in [-0.15, -0.1) is 0 Å². The Balaban J connectivity index is 0.000000907. The average Bonchev–Trinajstić information content (AvgIpc) is 3.38. The highest BCUT2D eigenvalue weighted by molar-refractivity contribution is 5.96. The molecule has 0 radical (unpaired) electrons. The third kappa shape index (κ3) is 6.04. The second-order valence-electron chi connectivity index (χ2n) is 8.45. The zero-order valence-corrected chi connectivity index (χ0v) is 22.7. The van der Waals surface area contributed by atoms with Gasteiger partial charge in [-0.1, -0.05) is 45.9 Å². The topological polar surface area (TPSA) is 77.5 Å². The van der Waals surface area contributed by atoms with E-state index in [0.29, 0.717) is 5.56 Å². The highest BCUT2D eigenvalue weighted by Crippen LogP contribution is 2.25. The lowest BCUT2D eigenvalue weighted by molar-refractivity contribution is 0.0663. The Morgan fingerprint density at radius 3 is 2.16 bits per heavy atom. The number of amides is 1. The predicted molar refractivity (Wildman–Crippen MR) is 149 cm³/mol. The van der Waals surface area contributed by atoms with Crippen LogP contribution in [-0.4, -0.2) is 63.5 Å². The molecule has 7 heteroatoms. The lowest BCUT2D eigenvalue weighted by Gasteiger charge is -2.32. The van der Waals surface area contributed by atoms with Gasteiger partial charge in [0.15, 0.2) is 5.65 Å². The van der Waals surface area contributed by atoms with Gasteiger partial charge >= 0.3 is 0 Å². The summed E-state index contributed by atoms with van der Waals surface area (Å²) < 4.78 is 1.81. The molecule has 0 unspecified atom stereocenters. The largest absolute Gasteiger partial charge is 0.336 e. The first-order valence-corrected chi connectivity index (χ1v) is 13.0. The van der Waals surface area contributed by atoms with Gasteiger partial charge in [0.25, 0.3) is 5.91 Å². The summed E-state index contributed by atoms with van der Waals surface area (Å²) in [5.41, 5.74) is 6.59. The van der Waals surface area contributed by atoms with Crippen LogP contribution in [0.5, 0.6) is 0 Å². The molecule has 192 valence electrons. The standard InChI is InChI=1S/C26H24N6O.2C2H6/c1-18-15-21(7-8-22(18)26(33)31-13-11-30(2)12-14-31)23-9-10-25-28-17-24(32(25)29-23)20-5-3-19(16-27)4-6-20;2*1-2/h3-10,15,17H,11-14H2,1-2H3;2*1-2H3. The number of nitriles is 1. The van der Waals surface area contributed by atoms with Crippen molar-refractivity contribution in [2.24, 2.45) is 0 Å². The fraction of sp³-hybridized carbons (Fsp3) is 0.333. The van der Waals surface area contributed by atoms with Crippen LogP contribution >= 0.6 is 0 Å². The predicted octanol–water partition coefficient (Wildman–Crippen LogP) is 5.68. The van der Waals surface area contributed by atoms with Crippen LogP contribution in [0.1, 0.15) is 49.2 Å². The molecule has 0 atom stereocenters. The Morgan fingerprint density at radius 2 is 1.54 bits per heavy atom. The van der Waals surface area contributed by atoms with E-state index >= 15 is 0 Å². The number of hydrogen-bond acceptors (Lipinski definition) is 5. The summed E-state index contributed by atoms with van der Waals surface area (Å²) in [6, 6.07) is 19.3. The minimum absolute atomic E-state index is 0.0910. The summed E-state index contributed by atoms with van der Waals surface area (Å²) in [6.45, 7) is 13.3. The number of fused-ring (bicyclic) bond motifs is 1. The lowest BCUT2D eigenvalue weighted by atomic mass is 10.0. The van der Waals surface area contributed by atoms with Crippen LogP contribution in [0.4, 0.5) is 0 Å². The number of piperazine rings is 1. The van der Waals surface area contributed by atoms with E-state index in [0.717, 1.165) is 65.5 Å². The normalized spacial score (nSPS) is 13.2. The van der Waals surface area contributed by atoms with Gasteiger partial charge in [-0.05, 0) is 55.9 Å². The zero-order valence-electron chi connectivity index (χ0n) is 22.7. The Hall–Kier alpha value is -4.02. The van der Waals surface area contributed by atoms with Crippen molar-refractivity contribution >= 4 is 11.6 Å². The molecule has 3 heterocycles. The minimum atomic E-state index is 0.0910. The van der Waals surface area contributed by atoms with Crippen molar-refractivity contribution in [2.45, 2.75) is 34.6 Å². The van der Waals surface area contributed by atoms with E-state index in [-0.39, 0.29) is 5.91 Å². The number of nitrogens with zero attached hydrogens (tertiary/aromatic N) is 6. The van der Waals surface area contributed by atoms with Crippen LogP contribution in [0.2, 0.25) is 0 Å². The molecule has 2 aromatic heterocycles. The van der Waals surface area contributed by atoms with E-state index < -0.39 is 0 Å². The van der Waals surface area contributed by atoms with Gasteiger partial charge in [0, 0.05) is 42.9 Å².